The molecule has 0 heterocycles. The summed E-state index contributed by atoms with van der Waals surface area (Å²) in [7, 11) is 0. The van der Waals surface area contributed by atoms with Crippen LogP contribution in [0.3, 0.4) is 0 Å². The molecule has 3 heteroatoms. The van der Waals surface area contributed by atoms with Crippen LogP contribution >= 0.6 is 11.6 Å². The fourth-order valence-corrected chi connectivity index (χ4v) is 8.87. The summed E-state index contributed by atoms with van der Waals surface area (Å²) in [5.74, 6) is 9.87. The molecule has 0 aromatic heterocycles. The number of benzene rings is 1. The first-order chi connectivity index (χ1) is 15.1. The van der Waals surface area contributed by atoms with Gasteiger partial charge >= 0.3 is 0 Å². The Labute approximate surface area is 198 Å². The molecule has 4 aliphatic carbocycles. The Balaban J connectivity index is 1.34. The fraction of sp³-hybridized carbons (Fsp3) is 0.690. The molecule has 172 valence electrons. The summed E-state index contributed by atoms with van der Waals surface area (Å²) in [4.78, 5) is 12.4. The van der Waals surface area contributed by atoms with Crippen LogP contribution in [0.1, 0.15) is 84.1 Å². The maximum atomic E-state index is 12.4. The first-order valence-corrected chi connectivity index (χ1v) is 13.0. The highest BCUT2D eigenvalue weighted by atomic mass is 35.5. The lowest BCUT2D eigenvalue weighted by Gasteiger charge is -2.61. The topological polar surface area (TPSA) is 37.3 Å². The smallest absolute Gasteiger partial charge is 0.133 e. The van der Waals surface area contributed by atoms with E-state index in [1.807, 2.05) is 31.2 Å². The third-order valence-electron chi connectivity index (χ3n) is 10.5. The van der Waals surface area contributed by atoms with Crippen molar-refractivity contribution in [1.82, 2.24) is 0 Å². The first-order valence-electron chi connectivity index (χ1n) is 12.7. The summed E-state index contributed by atoms with van der Waals surface area (Å²) in [5, 5.41) is 12.1. The van der Waals surface area contributed by atoms with Gasteiger partial charge in [0.1, 0.15) is 11.4 Å². The summed E-state index contributed by atoms with van der Waals surface area (Å²) in [5.41, 5.74) is 0.544. The second-order valence-electron chi connectivity index (χ2n) is 11.9. The summed E-state index contributed by atoms with van der Waals surface area (Å²) < 4.78 is 0. The van der Waals surface area contributed by atoms with Crippen LogP contribution in [0.25, 0.3) is 0 Å². The Morgan fingerprint density at radius 3 is 2.41 bits per heavy atom. The van der Waals surface area contributed by atoms with Crippen LogP contribution in [-0.4, -0.2) is 16.5 Å². The van der Waals surface area contributed by atoms with Crippen molar-refractivity contribution in [2.75, 3.05) is 0 Å². The fourth-order valence-electron chi connectivity index (χ4n) is 8.75. The predicted molar refractivity (Wildman–Crippen MR) is 129 cm³/mol. The molecule has 32 heavy (non-hydrogen) atoms. The molecule has 0 radical (unpaired) electrons. The lowest BCUT2D eigenvalue weighted by molar-refractivity contribution is -0.144. The van der Waals surface area contributed by atoms with Gasteiger partial charge in [-0.3, -0.25) is 4.79 Å². The summed E-state index contributed by atoms with van der Waals surface area (Å²) in [6, 6.07) is 7.55. The number of fused-ring (bicyclic) bond motifs is 5. The molecule has 1 aromatic rings. The lowest BCUT2D eigenvalue weighted by atomic mass is 9.44. The molecule has 4 fully saturated rings. The quantitative estimate of drug-likeness (QED) is 0.483. The highest BCUT2D eigenvalue weighted by Gasteiger charge is 2.61. The Bertz CT molecular complexity index is 958. The molecule has 4 aliphatic rings. The molecular formula is C29H37ClO2. The molecule has 1 aromatic carbocycles. The van der Waals surface area contributed by atoms with E-state index in [-0.39, 0.29) is 11.3 Å². The van der Waals surface area contributed by atoms with Crippen molar-refractivity contribution in [2.45, 2.75) is 84.2 Å². The van der Waals surface area contributed by atoms with Crippen molar-refractivity contribution in [3.05, 3.63) is 34.9 Å². The first kappa shape index (κ1) is 22.5. The molecule has 0 amide bonds. The minimum Gasteiger partial charge on any atom is -0.378 e. The van der Waals surface area contributed by atoms with E-state index in [1.165, 1.54) is 32.1 Å². The van der Waals surface area contributed by atoms with Crippen LogP contribution in [0.2, 0.25) is 5.02 Å². The summed E-state index contributed by atoms with van der Waals surface area (Å²) in [6.45, 7) is 6.75. The number of hydrogen-bond acceptors (Lipinski definition) is 2. The van der Waals surface area contributed by atoms with Gasteiger partial charge in [0.05, 0.1) is 0 Å². The third kappa shape index (κ3) is 3.56. The normalized spacial score (nSPS) is 45.1. The number of halogens is 1. The van der Waals surface area contributed by atoms with Crippen LogP contribution in [0.4, 0.5) is 0 Å². The Morgan fingerprint density at radius 1 is 0.969 bits per heavy atom. The number of carbonyl (C=O) groups is 1. The minimum absolute atomic E-state index is 0.218. The van der Waals surface area contributed by atoms with Gasteiger partial charge < -0.3 is 5.11 Å². The SMILES string of the molecule is CC(=O)[C@H]1CC[C@H]2[C@@H]3CCC4CC(O)(C#Cc5ccc(Cl)cc5)CC[C@]4(C)[C@H]3CC[C@]12C. The van der Waals surface area contributed by atoms with Gasteiger partial charge in [0.25, 0.3) is 0 Å². The average Bonchev–Trinajstić information content (AvgIpc) is 3.12. The number of aliphatic hydroxyl groups is 1. The number of ketones is 1. The van der Waals surface area contributed by atoms with Crippen LogP contribution in [-0.2, 0) is 4.79 Å². The molecule has 5 rings (SSSR count). The largest absolute Gasteiger partial charge is 0.378 e. The molecule has 1 N–H and O–H groups in total. The Morgan fingerprint density at radius 2 is 1.69 bits per heavy atom. The van der Waals surface area contributed by atoms with E-state index in [0.717, 1.165) is 43.1 Å². The van der Waals surface area contributed by atoms with E-state index in [1.54, 1.807) is 0 Å². The molecule has 0 spiro atoms. The Kier molecular flexibility index (Phi) is 5.54. The molecule has 2 unspecified atom stereocenters. The standard InChI is InChI=1S/C29H37ClO2/c1-19(31)24-10-11-25-23-9-6-21-18-29(32,15-12-20-4-7-22(30)8-5-20)17-16-27(21,2)26(23)13-14-28(24,25)3/h4-5,7-8,21,23-26,32H,6,9-11,13-14,16-18H2,1-3H3/t21?,23-,24+,25-,26-,27-,28+,29?/m0/s1. The van der Waals surface area contributed by atoms with Gasteiger partial charge in [-0.25, -0.2) is 0 Å². The van der Waals surface area contributed by atoms with Crippen molar-refractivity contribution >= 4 is 17.4 Å². The zero-order valence-electron chi connectivity index (χ0n) is 19.8. The molecule has 0 aliphatic heterocycles. The van der Waals surface area contributed by atoms with E-state index < -0.39 is 5.60 Å². The van der Waals surface area contributed by atoms with Crippen LogP contribution in [0, 0.1) is 52.3 Å². The van der Waals surface area contributed by atoms with Crippen molar-refractivity contribution in [2.24, 2.45) is 40.4 Å². The molecule has 8 atom stereocenters. The maximum Gasteiger partial charge on any atom is 0.133 e. The zero-order chi connectivity index (χ0) is 22.7. The summed E-state index contributed by atoms with van der Waals surface area (Å²) in [6.07, 6.45) is 9.86. The molecule has 0 bridgehead atoms. The monoisotopic (exact) mass is 452 g/mol. The van der Waals surface area contributed by atoms with Gasteiger partial charge in [0, 0.05) is 16.5 Å². The molecule has 4 saturated carbocycles. The third-order valence-corrected chi connectivity index (χ3v) is 10.8. The number of carbonyl (C=O) groups excluding carboxylic acids is 1. The van der Waals surface area contributed by atoms with Crippen LogP contribution < -0.4 is 0 Å². The van der Waals surface area contributed by atoms with Crippen molar-refractivity contribution < 1.29 is 9.90 Å². The van der Waals surface area contributed by atoms with E-state index in [4.69, 9.17) is 11.6 Å². The number of hydrogen-bond donors (Lipinski definition) is 1. The molecule has 2 nitrogen and oxygen atoms in total. The Hall–Kier alpha value is -1.30. The van der Waals surface area contributed by atoms with Crippen LogP contribution in [0.15, 0.2) is 24.3 Å². The van der Waals surface area contributed by atoms with Gasteiger partial charge in [-0.15, -0.1) is 0 Å². The molecule has 0 saturated heterocycles. The zero-order valence-corrected chi connectivity index (χ0v) is 20.5. The van der Waals surface area contributed by atoms with E-state index >= 15 is 0 Å². The van der Waals surface area contributed by atoms with Crippen molar-refractivity contribution in [3.63, 3.8) is 0 Å². The van der Waals surface area contributed by atoms with Gasteiger partial charge in [-0.2, -0.15) is 0 Å². The number of rotatable bonds is 1. The summed E-state index contributed by atoms with van der Waals surface area (Å²) >= 11 is 5.99. The van der Waals surface area contributed by atoms with Gasteiger partial charge in [-0.05, 0) is 123 Å². The molecular weight excluding hydrogens is 416 g/mol. The van der Waals surface area contributed by atoms with Crippen LogP contribution in [0.5, 0.6) is 0 Å². The highest BCUT2D eigenvalue weighted by Crippen LogP contribution is 2.68. The maximum absolute atomic E-state index is 12.4. The predicted octanol–water partition coefficient (Wildman–Crippen LogP) is 6.67. The van der Waals surface area contributed by atoms with Gasteiger partial charge in [0.2, 0.25) is 0 Å². The minimum atomic E-state index is -0.882. The lowest BCUT2D eigenvalue weighted by Crippen LogP contribution is -2.56. The van der Waals surface area contributed by atoms with Gasteiger partial charge in [0.15, 0.2) is 0 Å². The van der Waals surface area contributed by atoms with E-state index in [0.29, 0.717) is 28.1 Å². The average molecular weight is 453 g/mol. The van der Waals surface area contributed by atoms with E-state index in [2.05, 4.69) is 25.7 Å². The highest BCUT2D eigenvalue weighted by molar-refractivity contribution is 6.30. The number of Topliss-reactive ketones (excluding diaryl/α,β-unsaturated/α-hetero) is 1. The second kappa shape index (κ2) is 7.89. The van der Waals surface area contributed by atoms with Crippen molar-refractivity contribution in [3.8, 4) is 11.8 Å². The van der Waals surface area contributed by atoms with Gasteiger partial charge in [-0.1, -0.05) is 37.3 Å². The van der Waals surface area contributed by atoms with E-state index in [9.17, 15) is 9.90 Å². The van der Waals surface area contributed by atoms with Crippen molar-refractivity contribution in [1.29, 1.82) is 0 Å². The second-order valence-corrected chi connectivity index (χ2v) is 12.4.